The van der Waals surface area contributed by atoms with Gasteiger partial charge in [-0.15, -0.1) is 0 Å². The Morgan fingerprint density at radius 3 is 2.84 bits per heavy atom. The summed E-state index contributed by atoms with van der Waals surface area (Å²) < 4.78 is 26.6. The van der Waals surface area contributed by atoms with Crippen LogP contribution in [0.15, 0.2) is 24.5 Å². The summed E-state index contributed by atoms with van der Waals surface area (Å²) in [6.45, 7) is 2.27. The van der Waals surface area contributed by atoms with Crippen LogP contribution in [0.5, 0.6) is 0 Å². The van der Waals surface area contributed by atoms with Crippen molar-refractivity contribution in [2.24, 2.45) is 5.92 Å². The highest BCUT2D eigenvalue weighted by molar-refractivity contribution is 7.89. The SMILES string of the molecule is O=S(=O)(CC1CCCNC1)NCCc1ccncc1. The van der Waals surface area contributed by atoms with Crippen LogP contribution in [0.4, 0.5) is 0 Å². The van der Waals surface area contributed by atoms with Gasteiger partial charge in [-0.05, 0) is 56.0 Å². The van der Waals surface area contributed by atoms with Gasteiger partial charge in [0.15, 0.2) is 0 Å². The molecule has 2 N–H and O–H groups in total. The average molecular weight is 283 g/mol. The molecule has 1 aliphatic rings. The first-order valence-electron chi connectivity index (χ1n) is 6.73. The Bertz CT molecular complexity index is 470. The second-order valence-corrected chi connectivity index (χ2v) is 6.85. The van der Waals surface area contributed by atoms with E-state index in [2.05, 4.69) is 15.0 Å². The van der Waals surface area contributed by atoms with E-state index < -0.39 is 10.0 Å². The Labute approximate surface area is 114 Å². The van der Waals surface area contributed by atoms with Gasteiger partial charge in [0.25, 0.3) is 0 Å². The summed E-state index contributed by atoms with van der Waals surface area (Å²) in [7, 11) is -3.16. The number of rotatable bonds is 6. The highest BCUT2D eigenvalue weighted by Crippen LogP contribution is 2.11. The molecule has 106 valence electrons. The molecule has 1 atom stereocenters. The Hall–Kier alpha value is -0.980. The van der Waals surface area contributed by atoms with Crippen LogP contribution in [0.25, 0.3) is 0 Å². The molecule has 0 aromatic carbocycles. The fourth-order valence-electron chi connectivity index (χ4n) is 2.34. The number of piperidine rings is 1. The molecule has 0 spiro atoms. The zero-order chi connectivity index (χ0) is 13.6. The first-order chi connectivity index (χ1) is 9.16. The molecule has 1 fully saturated rings. The first kappa shape index (κ1) is 14.4. The topological polar surface area (TPSA) is 71.1 Å². The number of nitrogens with zero attached hydrogens (tertiary/aromatic N) is 1. The monoisotopic (exact) mass is 283 g/mol. The summed E-state index contributed by atoms with van der Waals surface area (Å²) in [5.74, 6) is 0.475. The minimum Gasteiger partial charge on any atom is -0.316 e. The largest absolute Gasteiger partial charge is 0.316 e. The average Bonchev–Trinajstić information content (AvgIpc) is 2.40. The van der Waals surface area contributed by atoms with E-state index in [0.717, 1.165) is 31.5 Å². The number of aromatic nitrogens is 1. The summed E-state index contributed by atoms with van der Waals surface area (Å²) in [5.41, 5.74) is 1.09. The number of nitrogens with one attached hydrogen (secondary N) is 2. The maximum atomic E-state index is 11.9. The lowest BCUT2D eigenvalue weighted by Crippen LogP contribution is -2.38. The summed E-state index contributed by atoms with van der Waals surface area (Å²) >= 11 is 0. The maximum absolute atomic E-state index is 11.9. The minimum absolute atomic E-state index is 0.232. The smallest absolute Gasteiger partial charge is 0.211 e. The number of sulfonamides is 1. The second-order valence-electron chi connectivity index (χ2n) is 4.99. The highest BCUT2D eigenvalue weighted by atomic mass is 32.2. The van der Waals surface area contributed by atoms with E-state index in [-0.39, 0.29) is 11.7 Å². The van der Waals surface area contributed by atoms with Crippen molar-refractivity contribution in [2.45, 2.75) is 19.3 Å². The maximum Gasteiger partial charge on any atom is 0.211 e. The van der Waals surface area contributed by atoms with Crippen LogP contribution in [-0.2, 0) is 16.4 Å². The van der Waals surface area contributed by atoms with Gasteiger partial charge in [0.05, 0.1) is 5.75 Å². The molecular formula is C13H21N3O2S. The number of hydrogen-bond acceptors (Lipinski definition) is 4. The first-order valence-corrected chi connectivity index (χ1v) is 8.38. The van der Waals surface area contributed by atoms with Gasteiger partial charge in [-0.25, -0.2) is 13.1 Å². The van der Waals surface area contributed by atoms with E-state index in [1.54, 1.807) is 12.4 Å². The Balaban J connectivity index is 1.74. The molecule has 5 nitrogen and oxygen atoms in total. The molecule has 0 bridgehead atoms. The number of hydrogen-bond donors (Lipinski definition) is 2. The molecule has 2 rings (SSSR count). The van der Waals surface area contributed by atoms with Gasteiger partial charge in [-0.3, -0.25) is 4.98 Å². The fourth-order valence-corrected chi connectivity index (χ4v) is 3.77. The standard InChI is InChI=1S/C13H21N3O2S/c17-19(18,11-13-2-1-6-15-10-13)16-9-5-12-3-7-14-8-4-12/h3-4,7-8,13,15-16H,1-2,5-6,9-11H2. The predicted octanol–water partition coefficient (Wildman–Crippen LogP) is 0.543. The van der Waals surface area contributed by atoms with Gasteiger partial charge < -0.3 is 5.32 Å². The van der Waals surface area contributed by atoms with E-state index >= 15 is 0 Å². The molecule has 0 aliphatic carbocycles. The fraction of sp³-hybridized carbons (Fsp3) is 0.615. The molecule has 0 radical (unpaired) electrons. The Morgan fingerprint density at radius 1 is 1.37 bits per heavy atom. The van der Waals surface area contributed by atoms with E-state index in [1.807, 2.05) is 12.1 Å². The van der Waals surface area contributed by atoms with Gasteiger partial charge in [-0.2, -0.15) is 0 Å². The van der Waals surface area contributed by atoms with E-state index in [0.29, 0.717) is 13.0 Å². The molecule has 19 heavy (non-hydrogen) atoms. The zero-order valence-corrected chi connectivity index (χ0v) is 11.8. The van der Waals surface area contributed by atoms with Gasteiger partial charge >= 0.3 is 0 Å². The van der Waals surface area contributed by atoms with Crippen LogP contribution >= 0.6 is 0 Å². The van der Waals surface area contributed by atoms with Crippen molar-refractivity contribution in [1.82, 2.24) is 15.0 Å². The lowest BCUT2D eigenvalue weighted by molar-refractivity contribution is 0.403. The van der Waals surface area contributed by atoms with Gasteiger partial charge in [0.2, 0.25) is 10.0 Å². The van der Waals surface area contributed by atoms with E-state index in [1.165, 1.54) is 0 Å². The predicted molar refractivity (Wildman–Crippen MR) is 75.3 cm³/mol. The summed E-state index contributed by atoms with van der Waals surface area (Å²) in [6, 6.07) is 3.80. The molecule has 0 saturated carbocycles. The Morgan fingerprint density at radius 2 is 2.16 bits per heavy atom. The lowest BCUT2D eigenvalue weighted by Gasteiger charge is -2.22. The normalized spacial score (nSPS) is 20.3. The summed E-state index contributed by atoms with van der Waals surface area (Å²) in [6.07, 6.45) is 6.20. The second kappa shape index (κ2) is 6.98. The molecular weight excluding hydrogens is 262 g/mol. The van der Waals surface area contributed by atoms with Crippen molar-refractivity contribution >= 4 is 10.0 Å². The summed E-state index contributed by atoms with van der Waals surface area (Å²) in [5, 5.41) is 3.24. The molecule has 1 unspecified atom stereocenters. The van der Waals surface area contributed by atoms with Crippen LogP contribution in [0.1, 0.15) is 18.4 Å². The third-order valence-corrected chi connectivity index (χ3v) is 4.89. The quantitative estimate of drug-likeness (QED) is 0.799. The zero-order valence-electron chi connectivity index (χ0n) is 11.0. The van der Waals surface area contributed by atoms with Crippen LogP contribution in [-0.4, -0.2) is 38.8 Å². The van der Waals surface area contributed by atoms with E-state index in [9.17, 15) is 8.42 Å². The summed E-state index contributed by atoms with van der Waals surface area (Å²) in [4.78, 5) is 3.93. The minimum atomic E-state index is -3.16. The molecule has 1 aliphatic heterocycles. The highest BCUT2D eigenvalue weighted by Gasteiger charge is 2.20. The van der Waals surface area contributed by atoms with Crippen molar-refractivity contribution in [3.05, 3.63) is 30.1 Å². The van der Waals surface area contributed by atoms with Gasteiger partial charge in [0.1, 0.15) is 0 Å². The number of pyridine rings is 1. The van der Waals surface area contributed by atoms with E-state index in [4.69, 9.17) is 0 Å². The lowest BCUT2D eigenvalue weighted by atomic mass is 10.0. The van der Waals surface area contributed by atoms with Crippen molar-refractivity contribution < 1.29 is 8.42 Å². The van der Waals surface area contributed by atoms with Crippen molar-refractivity contribution in [1.29, 1.82) is 0 Å². The Kier molecular flexibility index (Phi) is 5.30. The third kappa shape index (κ3) is 5.26. The molecule has 6 heteroatoms. The van der Waals surface area contributed by atoms with Crippen molar-refractivity contribution in [3.8, 4) is 0 Å². The van der Waals surface area contributed by atoms with Crippen LogP contribution in [0, 0.1) is 5.92 Å². The van der Waals surface area contributed by atoms with Crippen molar-refractivity contribution in [2.75, 3.05) is 25.4 Å². The molecule has 1 aromatic rings. The van der Waals surface area contributed by atoms with Crippen LogP contribution in [0.3, 0.4) is 0 Å². The van der Waals surface area contributed by atoms with Gasteiger partial charge in [0, 0.05) is 18.9 Å². The molecule has 0 amide bonds. The van der Waals surface area contributed by atoms with Crippen LogP contribution in [0.2, 0.25) is 0 Å². The van der Waals surface area contributed by atoms with Crippen LogP contribution < -0.4 is 10.0 Å². The van der Waals surface area contributed by atoms with Crippen molar-refractivity contribution in [3.63, 3.8) is 0 Å². The third-order valence-electron chi connectivity index (χ3n) is 3.34. The molecule has 1 aromatic heterocycles. The van der Waals surface area contributed by atoms with Gasteiger partial charge in [-0.1, -0.05) is 0 Å². The molecule has 2 heterocycles. The molecule has 1 saturated heterocycles.